The second-order valence-corrected chi connectivity index (χ2v) is 6.13. The molecular weight excluding hydrogens is 350 g/mol. The van der Waals surface area contributed by atoms with Crippen molar-refractivity contribution in [2.45, 2.75) is 33.8 Å². The molecule has 0 radical (unpaired) electrons. The van der Waals surface area contributed by atoms with Crippen molar-refractivity contribution in [1.29, 1.82) is 0 Å². The number of ketones is 2. The number of hydrogen-bond donors (Lipinski definition) is 1. The number of esters is 1. The van der Waals surface area contributed by atoms with Crippen molar-refractivity contribution in [2.75, 3.05) is 14.2 Å². The van der Waals surface area contributed by atoms with Crippen molar-refractivity contribution < 1.29 is 28.6 Å². The molecule has 27 heavy (non-hydrogen) atoms. The normalized spacial score (nSPS) is 11.6. The topological polar surface area (TPSA) is 94.7 Å². The highest BCUT2D eigenvalue weighted by Gasteiger charge is 2.27. The van der Waals surface area contributed by atoms with Gasteiger partial charge in [-0.15, -0.1) is 0 Å². The molecular formula is C20H23NO6. The Morgan fingerprint density at radius 3 is 2.26 bits per heavy atom. The van der Waals surface area contributed by atoms with Gasteiger partial charge in [0.15, 0.2) is 23.4 Å². The zero-order valence-electron chi connectivity index (χ0n) is 16.3. The Kier molecular flexibility index (Phi) is 6.05. The fraction of sp³-hybridized carbons (Fsp3) is 0.350. The first-order chi connectivity index (χ1) is 12.7. The van der Waals surface area contributed by atoms with Crippen LogP contribution >= 0.6 is 0 Å². The number of para-hydroxylation sites is 1. The summed E-state index contributed by atoms with van der Waals surface area (Å²) in [4.78, 5) is 39.9. The average molecular weight is 373 g/mol. The van der Waals surface area contributed by atoms with Gasteiger partial charge in [-0.25, -0.2) is 4.79 Å². The number of carbonyl (C=O) groups excluding carboxylic acids is 3. The summed E-state index contributed by atoms with van der Waals surface area (Å²) in [5.74, 6) is -0.646. The number of aromatic amines is 1. The van der Waals surface area contributed by atoms with E-state index in [1.807, 2.05) is 0 Å². The minimum atomic E-state index is -1.05. The molecule has 0 fully saturated rings. The number of benzene rings is 1. The van der Waals surface area contributed by atoms with Crippen LogP contribution in [-0.4, -0.2) is 42.8 Å². The lowest BCUT2D eigenvalue weighted by molar-refractivity contribution is 0.0313. The minimum absolute atomic E-state index is 0.133. The van der Waals surface area contributed by atoms with Crippen LogP contribution in [0.2, 0.25) is 0 Å². The summed E-state index contributed by atoms with van der Waals surface area (Å²) in [6.45, 7) is 6.33. The van der Waals surface area contributed by atoms with E-state index in [1.54, 1.807) is 26.0 Å². The number of methoxy groups -OCH3 is 2. The maximum absolute atomic E-state index is 12.7. The van der Waals surface area contributed by atoms with Crippen LogP contribution in [0.5, 0.6) is 11.5 Å². The van der Waals surface area contributed by atoms with E-state index in [1.165, 1.54) is 34.1 Å². The van der Waals surface area contributed by atoms with Crippen molar-refractivity contribution in [3.63, 3.8) is 0 Å². The average Bonchev–Trinajstić information content (AvgIpc) is 2.94. The van der Waals surface area contributed by atoms with E-state index >= 15 is 0 Å². The Labute approximate surface area is 157 Å². The molecule has 144 valence electrons. The summed E-state index contributed by atoms with van der Waals surface area (Å²) in [6, 6.07) is 4.80. The molecule has 0 spiro atoms. The van der Waals surface area contributed by atoms with Crippen molar-refractivity contribution in [1.82, 2.24) is 4.98 Å². The third kappa shape index (κ3) is 3.86. The lowest BCUT2D eigenvalue weighted by Crippen LogP contribution is -2.25. The third-order valence-electron chi connectivity index (χ3n) is 4.31. The Hall–Kier alpha value is -3.09. The smallest absolute Gasteiger partial charge is 0.342 e. The van der Waals surface area contributed by atoms with Gasteiger partial charge in [0, 0.05) is 11.3 Å². The first-order valence-corrected chi connectivity index (χ1v) is 8.39. The summed E-state index contributed by atoms with van der Waals surface area (Å²) in [5.41, 5.74) is 2.05. The number of rotatable bonds is 7. The van der Waals surface area contributed by atoms with E-state index in [0.717, 1.165) is 0 Å². The molecule has 1 aromatic heterocycles. The molecule has 0 amide bonds. The van der Waals surface area contributed by atoms with E-state index < -0.39 is 17.9 Å². The fourth-order valence-corrected chi connectivity index (χ4v) is 3.05. The molecule has 1 N–H and O–H groups in total. The van der Waals surface area contributed by atoms with Crippen molar-refractivity contribution in [3.8, 4) is 11.5 Å². The van der Waals surface area contributed by atoms with E-state index in [0.29, 0.717) is 22.6 Å². The van der Waals surface area contributed by atoms with Crippen LogP contribution in [0.3, 0.4) is 0 Å². The summed E-state index contributed by atoms with van der Waals surface area (Å²) in [5, 5.41) is 0. The van der Waals surface area contributed by atoms with Gasteiger partial charge in [0.1, 0.15) is 5.56 Å². The second-order valence-electron chi connectivity index (χ2n) is 6.13. The number of hydrogen-bond acceptors (Lipinski definition) is 6. The molecule has 7 nitrogen and oxygen atoms in total. The van der Waals surface area contributed by atoms with E-state index in [2.05, 4.69) is 4.98 Å². The molecule has 0 saturated heterocycles. The molecule has 1 heterocycles. The summed E-state index contributed by atoms with van der Waals surface area (Å²) < 4.78 is 15.7. The number of H-pyrrole nitrogens is 1. The van der Waals surface area contributed by atoms with Gasteiger partial charge < -0.3 is 19.2 Å². The molecule has 2 rings (SSSR count). The largest absolute Gasteiger partial charge is 0.493 e. The monoisotopic (exact) mass is 373 g/mol. The van der Waals surface area contributed by atoms with Crippen molar-refractivity contribution in [3.05, 3.63) is 46.3 Å². The van der Waals surface area contributed by atoms with Gasteiger partial charge in [0.05, 0.1) is 19.9 Å². The van der Waals surface area contributed by atoms with Crippen molar-refractivity contribution >= 4 is 17.5 Å². The van der Waals surface area contributed by atoms with E-state index in [4.69, 9.17) is 14.2 Å². The molecule has 1 atom stereocenters. The van der Waals surface area contributed by atoms with E-state index in [-0.39, 0.29) is 22.8 Å². The van der Waals surface area contributed by atoms with Gasteiger partial charge in [-0.05, 0) is 45.4 Å². The highest BCUT2D eigenvalue weighted by Crippen LogP contribution is 2.31. The van der Waals surface area contributed by atoms with Crippen LogP contribution in [0.4, 0.5) is 0 Å². The van der Waals surface area contributed by atoms with Crippen LogP contribution in [0.15, 0.2) is 18.2 Å². The lowest BCUT2D eigenvalue weighted by Gasteiger charge is -2.15. The second kappa shape index (κ2) is 8.07. The minimum Gasteiger partial charge on any atom is -0.493 e. The number of aryl methyl sites for hydroxylation is 1. The van der Waals surface area contributed by atoms with E-state index in [9.17, 15) is 14.4 Å². The molecule has 2 aromatic rings. The van der Waals surface area contributed by atoms with Crippen LogP contribution in [0.25, 0.3) is 0 Å². The highest BCUT2D eigenvalue weighted by molar-refractivity contribution is 6.05. The van der Waals surface area contributed by atoms with Gasteiger partial charge in [-0.1, -0.05) is 6.07 Å². The predicted molar refractivity (Wildman–Crippen MR) is 99.0 cm³/mol. The molecule has 0 unspecified atom stereocenters. The first kappa shape index (κ1) is 20.2. The van der Waals surface area contributed by atoms with Crippen LogP contribution in [0, 0.1) is 13.8 Å². The number of aromatic nitrogens is 1. The molecule has 7 heteroatoms. The zero-order chi connectivity index (χ0) is 20.3. The SMILES string of the molecule is COc1cccc(C(=O)O[C@H](C)C(=O)c2[nH]c(C)c(C(C)=O)c2C)c1OC. The number of Topliss-reactive ketones (excluding diaryl/α,β-unsaturated/α-hetero) is 2. The Morgan fingerprint density at radius 1 is 1.07 bits per heavy atom. The fourth-order valence-electron chi connectivity index (χ4n) is 3.05. The Balaban J connectivity index is 2.26. The molecule has 0 aliphatic rings. The number of nitrogens with one attached hydrogen (secondary N) is 1. The van der Waals surface area contributed by atoms with Crippen LogP contribution in [-0.2, 0) is 4.74 Å². The third-order valence-corrected chi connectivity index (χ3v) is 4.31. The first-order valence-electron chi connectivity index (χ1n) is 8.39. The number of carbonyl (C=O) groups is 3. The molecule has 0 bridgehead atoms. The van der Waals surface area contributed by atoms with Gasteiger partial charge in [-0.2, -0.15) is 0 Å². The highest BCUT2D eigenvalue weighted by atomic mass is 16.6. The summed E-state index contributed by atoms with van der Waals surface area (Å²) >= 11 is 0. The maximum atomic E-state index is 12.7. The van der Waals surface area contributed by atoms with Gasteiger partial charge in [-0.3, -0.25) is 9.59 Å². The van der Waals surface area contributed by atoms with Gasteiger partial charge >= 0.3 is 5.97 Å². The van der Waals surface area contributed by atoms with Gasteiger partial charge in [0.2, 0.25) is 5.78 Å². The summed E-state index contributed by atoms with van der Waals surface area (Å²) in [6.07, 6.45) is -1.05. The molecule has 0 aliphatic heterocycles. The van der Waals surface area contributed by atoms with Crippen LogP contribution in [0.1, 0.15) is 56.3 Å². The molecule has 0 aliphatic carbocycles. The molecule has 0 saturated carbocycles. The zero-order valence-corrected chi connectivity index (χ0v) is 16.3. The number of ether oxygens (including phenoxy) is 3. The standard InChI is InChI=1S/C20H23NO6/c1-10-16(12(3)22)11(2)21-17(10)18(23)13(4)27-20(24)14-8-7-9-15(25-5)19(14)26-6/h7-9,13,21H,1-6H3/t13-/m1/s1. The Morgan fingerprint density at radius 2 is 1.74 bits per heavy atom. The molecule has 1 aromatic carbocycles. The Bertz CT molecular complexity index is 896. The summed E-state index contributed by atoms with van der Waals surface area (Å²) in [7, 11) is 2.87. The quantitative estimate of drug-likeness (QED) is 0.591. The van der Waals surface area contributed by atoms with Crippen LogP contribution < -0.4 is 9.47 Å². The van der Waals surface area contributed by atoms with Crippen molar-refractivity contribution in [2.24, 2.45) is 0 Å². The predicted octanol–water partition coefficient (Wildman–Crippen LogP) is 3.28. The maximum Gasteiger partial charge on any atom is 0.342 e. The van der Waals surface area contributed by atoms with Gasteiger partial charge in [0.25, 0.3) is 0 Å². The lowest BCUT2D eigenvalue weighted by atomic mass is 10.0.